The number of nitrogens with zero attached hydrogens (tertiary/aromatic N) is 3. The van der Waals surface area contributed by atoms with Crippen molar-refractivity contribution >= 4 is 9.84 Å². The van der Waals surface area contributed by atoms with E-state index in [1.807, 2.05) is 37.3 Å². The van der Waals surface area contributed by atoms with Crippen LogP contribution in [0.25, 0.3) is 5.69 Å². The van der Waals surface area contributed by atoms with Crippen LogP contribution < -0.4 is 4.74 Å². The van der Waals surface area contributed by atoms with Gasteiger partial charge in [-0.15, -0.1) is 5.10 Å². The van der Waals surface area contributed by atoms with Crippen molar-refractivity contribution in [3.8, 4) is 11.4 Å². The Morgan fingerprint density at radius 3 is 2.30 bits per heavy atom. The van der Waals surface area contributed by atoms with E-state index >= 15 is 0 Å². The fraction of sp³-hybridized carbons (Fsp3) is 0.300. The van der Waals surface area contributed by atoms with E-state index in [1.54, 1.807) is 26.2 Å². The maximum atomic E-state index is 13.1. The van der Waals surface area contributed by atoms with Gasteiger partial charge in [-0.3, -0.25) is 0 Å². The highest BCUT2D eigenvalue weighted by Gasteiger charge is 2.26. The first kappa shape index (κ1) is 19.1. The van der Waals surface area contributed by atoms with Crippen LogP contribution in [0, 0.1) is 13.8 Å². The van der Waals surface area contributed by atoms with Gasteiger partial charge in [0.15, 0.2) is 0 Å². The van der Waals surface area contributed by atoms with E-state index in [2.05, 4.69) is 24.2 Å². The van der Waals surface area contributed by atoms with Gasteiger partial charge in [0.25, 0.3) is 0 Å². The molecule has 0 N–H and O–H groups in total. The number of methoxy groups -OCH3 is 1. The van der Waals surface area contributed by atoms with Crippen molar-refractivity contribution < 1.29 is 13.2 Å². The van der Waals surface area contributed by atoms with Gasteiger partial charge in [0, 0.05) is 0 Å². The van der Waals surface area contributed by atoms with E-state index in [9.17, 15) is 8.42 Å². The molecule has 0 radical (unpaired) electrons. The second kappa shape index (κ2) is 7.15. The molecule has 0 unspecified atom stereocenters. The predicted molar refractivity (Wildman–Crippen MR) is 103 cm³/mol. The van der Waals surface area contributed by atoms with E-state index < -0.39 is 9.84 Å². The fourth-order valence-electron chi connectivity index (χ4n) is 2.90. The van der Waals surface area contributed by atoms with Crippen LogP contribution >= 0.6 is 0 Å². The average Bonchev–Trinajstić information content (AvgIpc) is 3.03. The number of hydrogen-bond acceptors (Lipinski definition) is 5. The maximum Gasteiger partial charge on any atom is 0.227 e. The summed E-state index contributed by atoms with van der Waals surface area (Å²) in [6.07, 6.45) is 0. The molecule has 3 aromatic rings. The summed E-state index contributed by atoms with van der Waals surface area (Å²) in [5.41, 5.74) is 3.18. The Balaban J connectivity index is 2.08. The van der Waals surface area contributed by atoms with Gasteiger partial charge in [0.05, 0.1) is 17.7 Å². The summed E-state index contributed by atoms with van der Waals surface area (Å²) < 4.78 is 33.0. The van der Waals surface area contributed by atoms with Crippen molar-refractivity contribution in [3.63, 3.8) is 0 Å². The van der Waals surface area contributed by atoms with Crippen LogP contribution in [0.15, 0.2) is 52.4 Å². The monoisotopic (exact) mass is 385 g/mol. The summed E-state index contributed by atoms with van der Waals surface area (Å²) in [6.45, 7) is 7.77. The highest BCUT2D eigenvalue weighted by molar-refractivity contribution is 7.91. The van der Waals surface area contributed by atoms with Crippen LogP contribution in [0.5, 0.6) is 5.75 Å². The molecule has 0 bridgehead atoms. The Hall–Kier alpha value is -2.67. The Kier molecular flexibility index (Phi) is 5.06. The Labute approximate surface area is 159 Å². The molecule has 0 atom stereocenters. The molecule has 1 heterocycles. The summed E-state index contributed by atoms with van der Waals surface area (Å²) in [7, 11) is -2.20. The van der Waals surface area contributed by atoms with Gasteiger partial charge >= 0.3 is 0 Å². The molecule has 2 aromatic carbocycles. The summed E-state index contributed by atoms with van der Waals surface area (Å²) >= 11 is 0. The SMILES string of the molecule is COc1ccc(C)cc1-n1nnc(S(=O)(=O)c2ccc(C(C)C)cc2)c1C. The summed E-state index contributed by atoms with van der Waals surface area (Å²) in [5, 5.41) is 8.00. The molecule has 7 heteroatoms. The molecule has 142 valence electrons. The van der Waals surface area contributed by atoms with E-state index in [-0.39, 0.29) is 9.92 Å². The van der Waals surface area contributed by atoms with Crippen LogP contribution in [-0.2, 0) is 9.84 Å². The maximum absolute atomic E-state index is 13.1. The van der Waals surface area contributed by atoms with Gasteiger partial charge in [0.2, 0.25) is 14.9 Å². The van der Waals surface area contributed by atoms with E-state index in [1.165, 1.54) is 4.68 Å². The zero-order valence-corrected chi connectivity index (χ0v) is 16.9. The van der Waals surface area contributed by atoms with Gasteiger partial charge in [-0.2, -0.15) is 0 Å². The van der Waals surface area contributed by atoms with Crippen LogP contribution in [-0.4, -0.2) is 30.5 Å². The second-order valence-corrected chi connectivity index (χ2v) is 8.66. The summed E-state index contributed by atoms with van der Waals surface area (Å²) in [5.74, 6) is 0.928. The zero-order chi connectivity index (χ0) is 19.8. The number of rotatable bonds is 5. The third-order valence-electron chi connectivity index (χ3n) is 4.53. The molecule has 27 heavy (non-hydrogen) atoms. The van der Waals surface area contributed by atoms with Gasteiger partial charge in [-0.1, -0.05) is 37.3 Å². The summed E-state index contributed by atoms with van der Waals surface area (Å²) in [4.78, 5) is 0.207. The van der Waals surface area contributed by atoms with Gasteiger partial charge in [-0.25, -0.2) is 13.1 Å². The standard InChI is InChI=1S/C20H23N3O3S/c1-13(2)16-7-9-17(10-8-16)27(24,25)20-15(4)23(22-21-20)18-12-14(3)6-11-19(18)26-5/h6-13H,1-5H3. The molecule has 6 nitrogen and oxygen atoms in total. The topological polar surface area (TPSA) is 74.1 Å². The Morgan fingerprint density at radius 1 is 1.04 bits per heavy atom. The number of sulfone groups is 1. The van der Waals surface area contributed by atoms with Gasteiger partial charge in [-0.05, 0) is 55.2 Å². The van der Waals surface area contributed by atoms with Crippen LogP contribution in [0.1, 0.15) is 36.6 Å². The molecule has 0 amide bonds. The minimum Gasteiger partial charge on any atom is -0.494 e. The minimum atomic E-state index is -3.76. The minimum absolute atomic E-state index is 0.0524. The highest BCUT2D eigenvalue weighted by Crippen LogP contribution is 2.28. The molecule has 3 rings (SSSR count). The zero-order valence-electron chi connectivity index (χ0n) is 16.1. The number of aromatic nitrogens is 3. The molecular formula is C20H23N3O3S. The lowest BCUT2D eigenvalue weighted by Crippen LogP contribution is -2.06. The van der Waals surface area contributed by atoms with E-state index in [0.717, 1.165) is 11.1 Å². The largest absolute Gasteiger partial charge is 0.494 e. The van der Waals surface area contributed by atoms with Gasteiger partial charge in [0.1, 0.15) is 11.4 Å². The molecule has 0 aliphatic carbocycles. The van der Waals surface area contributed by atoms with E-state index in [0.29, 0.717) is 23.0 Å². The molecular weight excluding hydrogens is 362 g/mol. The number of ether oxygens (including phenoxy) is 1. The lowest BCUT2D eigenvalue weighted by Gasteiger charge is -2.11. The molecule has 0 saturated heterocycles. The third kappa shape index (κ3) is 3.47. The predicted octanol–water partition coefficient (Wildman–Crippen LogP) is 3.85. The lowest BCUT2D eigenvalue weighted by molar-refractivity contribution is 0.411. The van der Waals surface area contributed by atoms with Crippen molar-refractivity contribution in [2.75, 3.05) is 7.11 Å². The first-order valence-corrected chi connectivity index (χ1v) is 10.2. The smallest absolute Gasteiger partial charge is 0.227 e. The van der Waals surface area contributed by atoms with Crippen molar-refractivity contribution in [1.82, 2.24) is 15.0 Å². The van der Waals surface area contributed by atoms with Crippen LogP contribution in [0.3, 0.4) is 0 Å². The first-order chi connectivity index (χ1) is 12.8. The van der Waals surface area contributed by atoms with Crippen molar-refractivity contribution in [1.29, 1.82) is 0 Å². The first-order valence-electron chi connectivity index (χ1n) is 8.68. The molecule has 1 aromatic heterocycles. The third-order valence-corrected chi connectivity index (χ3v) is 6.31. The second-order valence-electron chi connectivity index (χ2n) is 6.79. The number of hydrogen-bond donors (Lipinski definition) is 0. The molecule has 0 saturated carbocycles. The van der Waals surface area contributed by atoms with E-state index in [4.69, 9.17) is 4.74 Å². The van der Waals surface area contributed by atoms with Crippen molar-refractivity contribution in [2.45, 2.75) is 43.5 Å². The van der Waals surface area contributed by atoms with Crippen LogP contribution in [0.2, 0.25) is 0 Å². The average molecular weight is 385 g/mol. The van der Waals surface area contributed by atoms with Crippen LogP contribution in [0.4, 0.5) is 0 Å². The number of benzene rings is 2. The molecule has 0 aliphatic heterocycles. The molecule has 0 aliphatic rings. The fourth-order valence-corrected chi connectivity index (χ4v) is 4.24. The summed E-state index contributed by atoms with van der Waals surface area (Å²) in [6, 6.07) is 12.5. The Bertz CT molecular complexity index is 1070. The van der Waals surface area contributed by atoms with Crippen molar-refractivity contribution in [2.24, 2.45) is 0 Å². The molecule has 0 spiro atoms. The highest BCUT2D eigenvalue weighted by atomic mass is 32.2. The normalized spacial score (nSPS) is 11.8. The number of aryl methyl sites for hydroxylation is 1. The molecule has 0 fully saturated rings. The lowest BCUT2D eigenvalue weighted by atomic mass is 10.0. The van der Waals surface area contributed by atoms with Crippen molar-refractivity contribution in [3.05, 3.63) is 59.3 Å². The van der Waals surface area contributed by atoms with Gasteiger partial charge < -0.3 is 4.74 Å². The quantitative estimate of drug-likeness (QED) is 0.667. The Morgan fingerprint density at radius 2 is 1.70 bits per heavy atom.